The summed E-state index contributed by atoms with van der Waals surface area (Å²) in [5.74, 6) is 0.424. The molecule has 52 heavy (non-hydrogen) atoms. The molecule has 0 bridgehead atoms. The molecule has 1 atom stereocenters. The van der Waals surface area contributed by atoms with Crippen molar-refractivity contribution >= 4 is 11.1 Å². The molecule has 0 saturated carbocycles. The Hall–Kier alpha value is -4.94. The zero-order valence-corrected chi connectivity index (χ0v) is 32.2. The standard InChI is InChI=1S/C37H40.C9H10.C5H8.CH4/c1-6-10-30(29-20-18-28(19-21-29)27-16-14-26(3)15-17-27)24-31(11-7-2)32-22-23-34-33-12-8-9-13-35(33)37(4,5)36(34)25-32;1-8(2)9-6-4-3-5-7-9;1-3-5-4-2;/h8-9,12-25,31H,6-7,10-11H2,1-5H3;3-7H,1H2,2H3;3-5H,1H2,2H3;1H4/b30-24+;;5-4-;. The Morgan fingerprint density at radius 1 is 0.712 bits per heavy atom. The highest BCUT2D eigenvalue weighted by atomic mass is 14.4. The van der Waals surface area contributed by atoms with Gasteiger partial charge in [-0.3, -0.25) is 0 Å². The van der Waals surface area contributed by atoms with Crippen LogP contribution >= 0.6 is 0 Å². The largest absolute Gasteiger partial charge is 0.0991 e. The lowest BCUT2D eigenvalue weighted by molar-refractivity contribution is 0.655. The highest BCUT2D eigenvalue weighted by Gasteiger charge is 2.35. The van der Waals surface area contributed by atoms with E-state index in [9.17, 15) is 0 Å². The van der Waals surface area contributed by atoms with Gasteiger partial charge in [-0.1, -0.05) is 218 Å². The second-order valence-corrected chi connectivity index (χ2v) is 14.2. The van der Waals surface area contributed by atoms with Crippen molar-refractivity contribution in [3.05, 3.63) is 192 Å². The average Bonchev–Trinajstić information content (AvgIpc) is 3.38. The molecule has 0 fully saturated rings. The second-order valence-electron chi connectivity index (χ2n) is 14.2. The van der Waals surface area contributed by atoms with Crippen LogP contribution < -0.4 is 0 Å². The first kappa shape index (κ1) is 41.5. The average molecular weight is 687 g/mol. The summed E-state index contributed by atoms with van der Waals surface area (Å²) in [6, 6.07) is 44.4. The molecule has 0 amide bonds. The zero-order valence-electron chi connectivity index (χ0n) is 32.2. The third-order valence-corrected chi connectivity index (χ3v) is 9.79. The third kappa shape index (κ3) is 10.5. The van der Waals surface area contributed by atoms with Gasteiger partial charge in [0.1, 0.15) is 0 Å². The summed E-state index contributed by atoms with van der Waals surface area (Å²) in [7, 11) is 0. The number of benzene rings is 5. The van der Waals surface area contributed by atoms with Crippen LogP contribution in [0.3, 0.4) is 0 Å². The number of aryl methyl sites for hydroxylation is 1. The fourth-order valence-electron chi connectivity index (χ4n) is 6.93. The van der Waals surface area contributed by atoms with Gasteiger partial charge in [-0.2, -0.15) is 0 Å². The molecule has 270 valence electrons. The van der Waals surface area contributed by atoms with Crippen molar-refractivity contribution in [2.75, 3.05) is 0 Å². The van der Waals surface area contributed by atoms with E-state index in [0.717, 1.165) is 18.4 Å². The monoisotopic (exact) mass is 686 g/mol. The molecule has 0 heterocycles. The Kier molecular flexibility index (Phi) is 16.1. The normalized spacial score (nSPS) is 12.9. The van der Waals surface area contributed by atoms with E-state index in [1.54, 1.807) is 6.08 Å². The Morgan fingerprint density at radius 3 is 1.85 bits per heavy atom. The van der Waals surface area contributed by atoms with Gasteiger partial charge in [0, 0.05) is 11.3 Å². The molecule has 1 unspecified atom stereocenters. The van der Waals surface area contributed by atoms with Gasteiger partial charge in [0.2, 0.25) is 0 Å². The van der Waals surface area contributed by atoms with Gasteiger partial charge in [0.25, 0.3) is 0 Å². The minimum Gasteiger partial charge on any atom is -0.0991 e. The van der Waals surface area contributed by atoms with Gasteiger partial charge in [0.05, 0.1) is 0 Å². The summed E-state index contributed by atoms with van der Waals surface area (Å²) >= 11 is 0. The van der Waals surface area contributed by atoms with Crippen LogP contribution in [0.25, 0.3) is 33.4 Å². The molecule has 6 rings (SSSR count). The van der Waals surface area contributed by atoms with Gasteiger partial charge in [-0.15, -0.1) is 0 Å². The van der Waals surface area contributed by atoms with E-state index in [2.05, 4.69) is 157 Å². The smallest absolute Gasteiger partial charge is 0.0158 e. The van der Waals surface area contributed by atoms with Crippen LogP contribution in [0.2, 0.25) is 0 Å². The molecule has 5 aromatic carbocycles. The lowest BCUT2D eigenvalue weighted by Crippen LogP contribution is -2.15. The molecule has 0 saturated heterocycles. The van der Waals surface area contributed by atoms with E-state index < -0.39 is 0 Å². The van der Waals surface area contributed by atoms with Gasteiger partial charge in [-0.25, -0.2) is 0 Å². The number of hydrogen-bond acceptors (Lipinski definition) is 0. The minimum absolute atomic E-state index is 0. The maximum atomic E-state index is 3.83. The van der Waals surface area contributed by atoms with E-state index in [-0.39, 0.29) is 12.8 Å². The van der Waals surface area contributed by atoms with Crippen molar-refractivity contribution < 1.29 is 0 Å². The number of hydrogen-bond donors (Lipinski definition) is 0. The first-order chi connectivity index (χ1) is 24.6. The van der Waals surface area contributed by atoms with Crippen LogP contribution in [-0.2, 0) is 5.41 Å². The second kappa shape index (κ2) is 20.2. The van der Waals surface area contributed by atoms with Crippen molar-refractivity contribution in [2.45, 2.75) is 92.9 Å². The quantitative estimate of drug-likeness (QED) is 0.128. The predicted octanol–water partition coefficient (Wildman–Crippen LogP) is 15.8. The van der Waals surface area contributed by atoms with Gasteiger partial charge in [-0.05, 0) is 89.3 Å². The lowest BCUT2D eigenvalue weighted by atomic mass is 9.80. The van der Waals surface area contributed by atoms with E-state index in [1.165, 1.54) is 74.0 Å². The summed E-state index contributed by atoms with van der Waals surface area (Å²) < 4.78 is 0. The van der Waals surface area contributed by atoms with Crippen molar-refractivity contribution in [1.82, 2.24) is 0 Å². The SMILES string of the molecule is C.C=C(C)c1ccccc1.C=C/C=C\C.CCC/C(=C\C(CCC)c1ccc2c(c1)C(C)(C)c1ccccc1-2)c1ccc(-c2ccc(C)cc2)cc1. The fourth-order valence-corrected chi connectivity index (χ4v) is 6.93. The first-order valence-electron chi connectivity index (χ1n) is 18.7. The van der Waals surface area contributed by atoms with Crippen LogP contribution in [0.4, 0.5) is 0 Å². The molecule has 0 radical (unpaired) electrons. The van der Waals surface area contributed by atoms with Crippen LogP contribution in [-0.4, -0.2) is 0 Å². The van der Waals surface area contributed by atoms with Gasteiger partial charge in [0.15, 0.2) is 0 Å². The molecule has 0 heteroatoms. The van der Waals surface area contributed by atoms with Crippen LogP contribution in [0, 0.1) is 6.92 Å². The lowest BCUT2D eigenvalue weighted by Gasteiger charge is -2.23. The number of allylic oxidation sites excluding steroid dienone is 6. The van der Waals surface area contributed by atoms with E-state index in [1.807, 2.05) is 44.2 Å². The molecule has 0 nitrogen and oxygen atoms in total. The molecule has 0 aliphatic heterocycles. The summed E-state index contributed by atoms with van der Waals surface area (Å²) in [6.45, 7) is 22.8. The van der Waals surface area contributed by atoms with Crippen molar-refractivity contribution in [3.8, 4) is 22.3 Å². The van der Waals surface area contributed by atoms with Crippen LogP contribution in [0.1, 0.15) is 114 Å². The summed E-state index contributed by atoms with van der Waals surface area (Å²) in [4.78, 5) is 0. The molecule has 5 aromatic rings. The molecule has 1 aliphatic carbocycles. The van der Waals surface area contributed by atoms with Crippen LogP contribution in [0.15, 0.2) is 159 Å². The van der Waals surface area contributed by atoms with Crippen molar-refractivity contribution in [1.29, 1.82) is 0 Å². The third-order valence-electron chi connectivity index (χ3n) is 9.79. The van der Waals surface area contributed by atoms with E-state index in [0.29, 0.717) is 5.92 Å². The molecule has 0 N–H and O–H groups in total. The summed E-state index contributed by atoms with van der Waals surface area (Å²) in [5, 5.41) is 0. The highest BCUT2D eigenvalue weighted by Crippen LogP contribution is 2.49. The molecule has 0 aromatic heterocycles. The number of rotatable bonds is 10. The first-order valence-corrected chi connectivity index (χ1v) is 18.7. The molecular formula is C52H62. The van der Waals surface area contributed by atoms with Crippen molar-refractivity contribution in [2.24, 2.45) is 0 Å². The summed E-state index contributed by atoms with van der Waals surface area (Å²) in [6.07, 6.45) is 12.7. The van der Waals surface area contributed by atoms with E-state index >= 15 is 0 Å². The molecule has 1 aliphatic rings. The topological polar surface area (TPSA) is 0 Å². The van der Waals surface area contributed by atoms with Crippen molar-refractivity contribution in [3.63, 3.8) is 0 Å². The Labute approximate surface area is 317 Å². The summed E-state index contributed by atoms with van der Waals surface area (Å²) in [5.41, 5.74) is 16.3. The Balaban J connectivity index is 0.000000409. The van der Waals surface area contributed by atoms with Crippen LogP contribution in [0.5, 0.6) is 0 Å². The fraction of sp³-hybridized carbons (Fsp3) is 0.269. The Morgan fingerprint density at radius 2 is 1.31 bits per heavy atom. The maximum Gasteiger partial charge on any atom is 0.0158 e. The molecular weight excluding hydrogens is 625 g/mol. The van der Waals surface area contributed by atoms with E-state index in [4.69, 9.17) is 0 Å². The van der Waals surface area contributed by atoms with Gasteiger partial charge < -0.3 is 0 Å². The molecule has 0 spiro atoms. The maximum absolute atomic E-state index is 3.83. The Bertz CT molecular complexity index is 1910. The van der Waals surface area contributed by atoms with Gasteiger partial charge >= 0.3 is 0 Å². The zero-order chi connectivity index (χ0) is 36.8. The number of fused-ring (bicyclic) bond motifs is 3. The minimum atomic E-state index is 0. The predicted molar refractivity (Wildman–Crippen MR) is 234 cm³/mol. The highest BCUT2D eigenvalue weighted by molar-refractivity contribution is 5.81.